The van der Waals surface area contributed by atoms with Gasteiger partial charge in [0.25, 0.3) is 0 Å². The molecule has 2 unspecified atom stereocenters. The Balaban J connectivity index is 1.71. The lowest BCUT2D eigenvalue weighted by Crippen LogP contribution is -2.15. The van der Waals surface area contributed by atoms with E-state index in [-0.39, 0.29) is 0 Å². The SMILES string of the molecule is O=C1CCCCC(CC2CCCc3ccccc32)C1. The number of fused-ring (bicyclic) bond motifs is 1. The summed E-state index contributed by atoms with van der Waals surface area (Å²) in [6, 6.07) is 8.95. The highest BCUT2D eigenvalue weighted by atomic mass is 16.1. The van der Waals surface area contributed by atoms with E-state index in [0.717, 1.165) is 19.3 Å². The summed E-state index contributed by atoms with van der Waals surface area (Å²) < 4.78 is 0. The van der Waals surface area contributed by atoms with Crippen LogP contribution >= 0.6 is 0 Å². The molecule has 0 bridgehead atoms. The first-order chi connectivity index (χ1) is 9.33. The van der Waals surface area contributed by atoms with Gasteiger partial charge in [-0.3, -0.25) is 4.79 Å². The second-order valence-electron chi connectivity index (χ2n) is 6.38. The van der Waals surface area contributed by atoms with Gasteiger partial charge in [-0.25, -0.2) is 0 Å². The minimum absolute atomic E-state index is 0.506. The van der Waals surface area contributed by atoms with Crippen molar-refractivity contribution in [2.24, 2.45) is 5.92 Å². The molecule has 102 valence electrons. The van der Waals surface area contributed by atoms with Gasteiger partial charge in [0, 0.05) is 12.8 Å². The molecular formula is C18H24O. The number of aryl methyl sites for hydroxylation is 1. The van der Waals surface area contributed by atoms with Gasteiger partial charge in [0.1, 0.15) is 5.78 Å². The number of benzene rings is 1. The molecule has 0 spiro atoms. The molecule has 2 aliphatic rings. The molecule has 0 amide bonds. The summed E-state index contributed by atoms with van der Waals surface area (Å²) in [7, 11) is 0. The summed E-state index contributed by atoms with van der Waals surface area (Å²) in [5.74, 6) is 1.86. The number of ketones is 1. The number of carbonyl (C=O) groups excluding carboxylic acids is 1. The molecule has 1 fully saturated rings. The van der Waals surface area contributed by atoms with E-state index in [0.29, 0.717) is 17.6 Å². The Labute approximate surface area is 116 Å². The largest absolute Gasteiger partial charge is 0.300 e. The van der Waals surface area contributed by atoms with E-state index in [4.69, 9.17) is 0 Å². The molecule has 1 saturated carbocycles. The lowest BCUT2D eigenvalue weighted by molar-refractivity contribution is -0.119. The van der Waals surface area contributed by atoms with Crippen LogP contribution in [0.15, 0.2) is 24.3 Å². The third kappa shape index (κ3) is 3.08. The van der Waals surface area contributed by atoms with Crippen molar-refractivity contribution >= 4 is 5.78 Å². The molecule has 0 radical (unpaired) electrons. The number of hydrogen-bond acceptors (Lipinski definition) is 1. The van der Waals surface area contributed by atoms with E-state index >= 15 is 0 Å². The first-order valence-corrected chi connectivity index (χ1v) is 7.92. The predicted octanol–water partition coefficient (Wildman–Crippen LogP) is 4.65. The van der Waals surface area contributed by atoms with Crippen molar-refractivity contribution in [2.75, 3.05) is 0 Å². The first-order valence-electron chi connectivity index (χ1n) is 7.92. The summed E-state index contributed by atoms with van der Waals surface area (Å²) in [6.45, 7) is 0. The standard InChI is InChI=1S/C18H24O/c19-17-10-3-1-6-14(13-17)12-16-9-5-8-15-7-2-4-11-18(15)16/h2,4,7,11,14,16H,1,3,5-6,8-10,12-13H2. The predicted molar refractivity (Wildman–Crippen MR) is 78.3 cm³/mol. The van der Waals surface area contributed by atoms with Gasteiger partial charge in [-0.2, -0.15) is 0 Å². The summed E-state index contributed by atoms with van der Waals surface area (Å²) in [5.41, 5.74) is 3.13. The van der Waals surface area contributed by atoms with Gasteiger partial charge in [-0.05, 0) is 61.5 Å². The third-order valence-corrected chi connectivity index (χ3v) is 4.95. The summed E-state index contributed by atoms with van der Waals surface area (Å²) in [5, 5.41) is 0. The third-order valence-electron chi connectivity index (χ3n) is 4.95. The van der Waals surface area contributed by atoms with Crippen LogP contribution in [0.1, 0.15) is 68.4 Å². The lowest BCUT2D eigenvalue weighted by atomic mass is 9.77. The fourth-order valence-electron chi connectivity index (χ4n) is 3.98. The molecule has 2 atom stereocenters. The fourth-order valence-corrected chi connectivity index (χ4v) is 3.98. The highest BCUT2D eigenvalue weighted by molar-refractivity contribution is 5.78. The molecule has 1 aromatic rings. The average Bonchev–Trinajstić information content (AvgIpc) is 2.63. The summed E-state index contributed by atoms with van der Waals surface area (Å²) in [4.78, 5) is 11.8. The van der Waals surface area contributed by atoms with Crippen molar-refractivity contribution in [2.45, 2.75) is 63.7 Å². The van der Waals surface area contributed by atoms with Gasteiger partial charge in [-0.15, -0.1) is 0 Å². The summed E-state index contributed by atoms with van der Waals surface area (Å²) in [6.07, 6.45) is 10.4. The molecule has 3 rings (SSSR count). The van der Waals surface area contributed by atoms with Crippen LogP contribution in [0.2, 0.25) is 0 Å². The Bertz CT molecular complexity index is 449. The van der Waals surface area contributed by atoms with Crippen LogP contribution in [0, 0.1) is 5.92 Å². The minimum Gasteiger partial charge on any atom is -0.300 e. The Morgan fingerprint density at radius 3 is 2.84 bits per heavy atom. The quantitative estimate of drug-likeness (QED) is 0.704. The van der Waals surface area contributed by atoms with Gasteiger partial charge in [0.2, 0.25) is 0 Å². The Morgan fingerprint density at radius 1 is 1.00 bits per heavy atom. The monoisotopic (exact) mass is 256 g/mol. The zero-order valence-electron chi connectivity index (χ0n) is 11.7. The highest BCUT2D eigenvalue weighted by Gasteiger charge is 2.25. The molecule has 0 saturated heterocycles. The molecular weight excluding hydrogens is 232 g/mol. The zero-order chi connectivity index (χ0) is 13.1. The van der Waals surface area contributed by atoms with Crippen molar-refractivity contribution in [3.63, 3.8) is 0 Å². The number of carbonyl (C=O) groups is 1. The van der Waals surface area contributed by atoms with Crippen LogP contribution in [0.3, 0.4) is 0 Å². The topological polar surface area (TPSA) is 17.1 Å². The molecule has 1 heteroatoms. The Morgan fingerprint density at radius 2 is 1.89 bits per heavy atom. The molecule has 19 heavy (non-hydrogen) atoms. The van der Waals surface area contributed by atoms with E-state index < -0.39 is 0 Å². The van der Waals surface area contributed by atoms with Crippen molar-refractivity contribution in [3.05, 3.63) is 35.4 Å². The molecule has 0 N–H and O–H groups in total. The van der Waals surface area contributed by atoms with Crippen molar-refractivity contribution in [1.82, 2.24) is 0 Å². The number of hydrogen-bond donors (Lipinski definition) is 0. The highest BCUT2D eigenvalue weighted by Crippen LogP contribution is 2.38. The molecule has 0 aliphatic heterocycles. The zero-order valence-corrected chi connectivity index (χ0v) is 11.7. The van der Waals surface area contributed by atoms with Gasteiger partial charge in [-0.1, -0.05) is 30.7 Å². The maximum atomic E-state index is 11.8. The van der Waals surface area contributed by atoms with Crippen molar-refractivity contribution in [1.29, 1.82) is 0 Å². The van der Waals surface area contributed by atoms with E-state index in [2.05, 4.69) is 24.3 Å². The maximum Gasteiger partial charge on any atom is 0.133 e. The van der Waals surface area contributed by atoms with Gasteiger partial charge in [0.05, 0.1) is 0 Å². The number of rotatable bonds is 2. The molecule has 1 aromatic carbocycles. The van der Waals surface area contributed by atoms with E-state index in [9.17, 15) is 4.79 Å². The Hall–Kier alpha value is -1.11. The van der Waals surface area contributed by atoms with E-state index in [1.807, 2.05) is 0 Å². The van der Waals surface area contributed by atoms with Crippen LogP contribution in [-0.2, 0) is 11.2 Å². The average molecular weight is 256 g/mol. The van der Waals surface area contributed by atoms with Crippen LogP contribution in [0.5, 0.6) is 0 Å². The molecule has 1 nitrogen and oxygen atoms in total. The van der Waals surface area contributed by atoms with Gasteiger partial charge < -0.3 is 0 Å². The van der Waals surface area contributed by atoms with Gasteiger partial charge in [0.15, 0.2) is 0 Å². The van der Waals surface area contributed by atoms with Crippen molar-refractivity contribution < 1.29 is 4.79 Å². The maximum absolute atomic E-state index is 11.8. The Kier molecular flexibility index (Phi) is 4.00. The van der Waals surface area contributed by atoms with E-state index in [1.54, 1.807) is 11.1 Å². The normalized spacial score (nSPS) is 27.7. The van der Waals surface area contributed by atoms with Gasteiger partial charge >= 0.3 is 0 Å². The second-order valence-corrected chi connectivity index (χ2v) is 6.38. The lowest BCUT2D eigenvalue weighted by Gasteiger charge is -2.28. The second kappa shape index (κ2) is 5.90. The van der Waals surface area contributed by atoms with Crippen molar-refractivity contribution in [3.8, 4) is 0 Å². The molecule has 2 aliphatic carbocycles. The smallest absolute Gasteiger partial charge is 0.133 e. The molecule has 0 heterocycles. The first kappa shape index (κ1) is 12.9. The summed E-state index contributed by atoms with van der Waals surface area (Å²) >= 11 is 0. The van der Waals surface area contributed by atoms with Crippen LogP contribution in [0.4, 0.5) is 0 Å². The van der Waals surface area contributed by atoms with Crippen LogP contribution in [-0.4, -0.2) is 5.78 Å². The van der Waals surface area contributed by atoms with Crippen LogP contribution in [0.25, 0.3) is 0 Å². The van der Waals surface area contributed by atoms with E-state index in [1.165, 1.54) is 38.5 Å². The fraction of sp³-hybridized carbons (Fsp3) is 0.611. The number of Topliss-reactive ketones (excluding diaryl/α,β-unsaturated/α-hetero) is 1. The van der Waals surface area contributed by atoms with Crippen LogP contribution < -0.4 is 0 Å². The minimum atomic E-state index is 0.506. The molecule has 0 aromatic heterocycles.